The molecule has 0 aliphatic carbocycles. The zero-order valence-corrected chi connectivity index (χ0v) is 13.2. The third-order valence-corrected chi connectivity index (χ3v) is 3.81. The molecule has 1 unspecified atom stereocenters. The van der Waals surface area contributed by atoms with Gasteiger partial charge in [-0.1, -0.05) is 0 Å². The van der Waals surface area contributed by atoms with Crippen molar-refractivity contribution in [3.8, 4) is 0 Å². The van der Waals surface area contributed by atoms with Crippen LogP contribution in [0, 0.1) is 5.92 Å². The first-order chi connectivity index (χ1) is 10.4. The van der Waals surface area contributed by atoms with Gasteiger partial charge in [0.15, 0.2) is 5.92 Å². The van der Waals surface area contributed by atoms with Gasteiger partial charge in [0.2, 0.25) is 5.70 Å². The van der Waals surface area contributed by atoms with Gasteiger partial charge in [-0.05, 0) is 6.08 Å². The van der Waals surface area contributed by atoms with E-state index >= 15 is 0 Å². The fourth-order valence-electron chi connectivity index (χ4n) is 2.70. The maximum atomic E-state index is 12.3. The zero-order valence-electron chi connectivity index (χ0n) is 13.2. The lowest BCUT2D eigenvalue weighted by atomic mass is 10.0. The molecule has 0 bridgehead atoms. The lowest BCUT2D eigenvalue weighted by Gasteiger charge is -2.27. The van der Waals surface area contributed by atoms with E-state index in [1.54, 1.807) is 24.8 Å². The van der Waals surface area contributed by atoms with Crippen molar-refractivity contribution in [2.45, 2.75) is 6.42 Å². The molecular weight excluding hydrogens is 290 g/mol. The Morgan fingerprint density at radius 2 is 1.95 bits per heavy atom. The van der Waals surface area contributed by atoms with Crippen LogP contribution in [0.5, 0.6) is 0 Å². The summed E-state index contributed by atoms with van der Waals surface area (Å²) in [5.41, 5.74) is 0.280. The summed E-state index contributed by atoms with van der Waals surface area (Å²) in [6.45, 7) is 0.962. The predicted molar refractivity (Wildman–Crippen MR) is 76.1 cm³/mol. The number of rotatable bonds is 5. The number of carbonyl (C=O) groups excluding carboxylic acids is 3. The second-order valence-electron chi connectivity index (χ2n) is 5.12. The number of ether oxygens (including phenoxy) is 2. The van der Waals surface area contributed by atoms with E-state index in [4.69, 9.17) is 9.47 Å². The number of hydrogen-bond donors (Lipinski definition) is 0. The number of fused-ring (bicyclic) bond motifs is 1. The van der Waals surface area contributed by atoms with Crippen molar-refractivity contribution < 1.29 is 28.4 Å². The molecule has 2 rings (SSSR count). The molecule has 1 saturated heterocycles. The van der Waals surface area contributed by atoms with Crippen molar-refractivity contribution in [3.05, 3.63) is 11.8 Å². The summed E-state index contributed by atoms with van der Waals surface area (Å²) in [7, 11) is 5.89. The zero-order chi connectivity index (χ0) is 16.4. The topological polar surface area (TPSA) is 79.2 Å². The van der Waals surface area contributed by atoms with Crippen LogP contribution in [0.4, 0.5) is 4.79 Å². The van der Waals surface area contributed by atoms with E-state index in [9.17, 15) is 14.4 Å². The fraction of sp³-hybridized carbons (Fsp3) is 0.571. The number of urea groups is 1. The molecule has 8 nitrogen and oxygen atoms in total. The van der Waals surface area contributed by atoms with Crippen LogP contribution in [-0.4, -0.2) is 79.6 Å². The highest BCUT2D eigenvalue weighted by atomic mass is 16.5. The molecule has 8 heteroatoms. The van der Waals surface area contributed by atoms with Crippen molar-refractivity contribution in [2.24, 2.45) is 5.92 Å². The minimum atomic E-state index is -0.649. The Labute approximate surface area is 128 Å². The van der Waals surface area contributed by atoms with Gasteiger partial charge in [-0.15, -0.1) is 0 Å². The molecular formula is C14H20N3O5+. The highest BCUT2D eigenvalue weighted by molar-refractivity contribution is 6.18. The number of methoxy groups -OCH3 is 2. The number of amidine groups is 1. The van der Waals surface area contributed by atoms with Gasteiger partial charge in [-0.2, -0.15) is 4.90 Å². The lowest BCUT2D eigenvalue weighted by Crippen LogP contribution is -2.57. The van der Waals surface area contributed by atoms with E-state index < -0.39 is 17.9 Å². The van der Waals surface area contributed by atoms with Crippen LogP contribution in [0.3, 0.4) is 0 Å². The maximum absolute atomic E-state index is 12.3. The maximum Gasteiger partial charge on any atom is 0.417 e. The molecule has 1 fully saturated rings. The lowest BCUT2D eigenvalue weighted by molar-refractivity contribution is -0.476. The van der Waals surface area contributed by atoms with Crippen LogP contribution in [0.25, 0.3) is 0 Å². The third kappa shape index (κ3) is 2.50. The van der Waals surface area contributed by atoms with Crippen LogP contribution in [0.15, 0.2) is 11.8 Å². The molecule has 2 aliphatic rings. The Bertz CT molecular complexity index is 581. The SMILES string of the molecule is COCCC[N+]1=C2C(C=C1C(=O)OC)C(=O)N(C)C(=O)N2C. The van der Waals surface area contributed by atoms with Gasteiger partial charge in [0.1, 0.15) is 0 Å². The van der Waals surface area contributed by atoms with Gasteiger partial charge in [-0.3, -0.25) is 4.79 Å². The highest BCUT2D eigenvalue weighted by Crippen LogP contribution is 2.26. The van der Waals surface area contributed by atoms with Gasteiger partial charge < -0.3 is 9.47 Å². The monoisotopic (exact) mass is 310 g/mol. The Morgan fingerprint density at radius 1 is 1.27 bits per heavy atom. The summed E-state index contributed by atoms with van der Waals surface area (Å²) in [4.78, 5) is 38.8. The smallest absolute Gasteiger partial charge is 0.417 e. The third-order valence-electron chi connectivity index (χ3n) is 3.81. The second-order valence-corrected chi connectivity index (χ2v) is 5.12. The molecule has 0 radical (unpaired) electrons. The molecule has 1 atom stereocenters. The quantitative estimate of drug-likeness (QED) is 0.394. The number of esters is 1. The molecule has 0 N–H and O–H groups in total. The van der Waals surface area contributed by atoms with E-state index in [0.29, 0.717) is 25.4 Å². The summed E-state index contributed by atoms with van der Waals surface area (Å²) in [5.74, 6) is -1.04. The Hall–Kier alpha value is -2.22. The largest absolute Gasteiger partial charge is 0.463 e. The molecule has 2 aliphatic heterocycles. The summed E-state index contributed by atoms with van der Waals surface area (Å²) in [6.07, 6.45) is 2.20. The first kappa shape index (κ1) is 16.2. The average Bonchev–Trinajstić information content (AvgIpc) is 2.90. The highest BCUT2D eigenvalue weighted by Gasteiger charge is 2.51. The van der Waals surface area contributed by atoms with E-state index in [1.165, 1.54) is 19.1 Å². The molecule has 2 heterocycles. The van der Waals surface area contributed by atoms with E-state index in [-0.39, 0.29) is 11.6 Å². The fourth-order valence-corrected chi connectivity index (χ4v) is 2.70. The number of carbonyl (C=O) groups is 3. The van der Waals surface area contributed by atoms with Crippen LogP contribution >= 0.6 is 0 Å². The molecule has 3 amide bonds. The summed E-state index contributed by atoms with van der Waals surface area (Å²) >= 11 is 0. The van der Waals surface area contributed by atoms with Crippen LogP contribution in [0.1, 0.15) is 6.42 Å². The van der Waals surface area contributed by atoms with Crippen LogP contribution in [-0.2, 0) is 19.1 Å². The summed E-state index contributed by atoms with van der Waals surface area (Å²) in [6, 6.07) is -0.424. The molecule has 0 aromatic carbocycles. The minimum absolute atomic E-state index is 0.280. The van der Waals surface area contributed by atoms with Gasteiger partial charge in [0, 0.05) is 27.2 Å². The van der Waals surface area contributed by atoms with Crippen molar-refractivity contribution >= 4 is 23.7 Å². The van der Waals surface area contributed by atoms with Gasteiger partial charge in [0.25, 0.3) is 11.7 Å². The number of nitrogens with zero attached hydrogens (tertiary/aromatic N) is 3. The van der Waals surface area contributed by atoms with Crippen molar-refractivity contribution in [1.82, 2.24) is 9.80 Å². The van der Waals surface area contributed by atoms with Gasteiger partial charge in [0.05, 0.1) is 20.7 Å². The minimum Gasteiger partial charge on any atom is -0.463 e. The van der Waals surface area contributed by atoms with E-state index in [2.05, 4.69) is 0 Å². The molecule has 0 spiro atoms. The standard InChI is InChI=1S/C14H20N3O5/c1-15-11-9(12(18)16(2)14(15)20)8-10(13(19)22-4)17(11)6-5-7-21-3/h8-9H,5-7H2,1-4H3/q+1. The van der Waals surface area contributed by atoms with Gasteiger partial charge >= 0.3 is 12.0 Å². The summed E-state index contributed by atoms with van der Waals surface area (Å²) in [5, 5.41) is 0. The van der Waals surface area contributed by atoms with Crippen molar-refractivity contribution in [2.75, 3.05) is 41.5 Å². The molecule has 22 heavy (non-hydrogen) atoms. The summed E-state index contributed by atoms with van der Waals surface area (Å²) < 4.78 is 11.5. The Balaban J connectivity index is 2.45. The van der Waals surface area contributed by atoms with E-state index in [0.717, 1.165) is 4.90 Å². The molecule has 0 saturated carbocycles. The normalized spacial score (nSPS) is 21.3. The van der Waals surface area contributed by atoms with Crippen molar-refractivity contribution in [1.29, 1.82) is 0 Å². The number of amides is 3. The molecule has 0 aromatic heterocycles. The van der Waals surface area contributed by atoms with Crippen molar-refractivity contribution in [3.63, 3.8) is 0 Å². The Kier molecular flexibility index (Phi) is 4.60. The molecule has 120 valence electrons. The predicted octanol–water partition coefficient (Wildman–Crippen LogP) is -0.356. The van der Waals surface area contributed by atoms with Crippen LogP contribution < -0.4 is 0 Å². The van der Waals surface area contributed by atoms with Crippen LogP contribution in [0.2, 0.25) is 0 Å². The number of imide groups is 1. The number of hydrogen-bond acceptors (Lipinski definition) is 5. The second kappa shape index (κ2) is 6.27. The Morgan fingerprint density at radius 3 is 2.55 bits per heavy atom. The van der Waals surface area contributed by atoms with Gasteiger partial charge in [-0.25, -0.2) is 19.1 Å². The van der Waals surface area contributed by atoms with E-state index in [1.807, 2.05) is 0 Å². The molecule has 0 aromatic rings. The first-order valence-electron chi connectivity index (χ1n) is 6.92. The average molecular weight is 310 g/mol. The first-order valence-corrected chi connectivity index (χ1v) is 6.92.